The van der Waals surface area contributed by atoms with Crippen LogP contribution in [-0.4, -0.2) is 21.8 Å². The number of anilines is 1. The summed E-state index contributed by atoms with van der Waals surface area (Å²) in [5.74, 6) is 0. The highest BCUT2D eigenvalue weighted by atomic mass is 16.5. The maximum absolute atomic E-state index is 12.1. The minimum atomic E-state index is -0.414. The average Bonchev–Trinajstić information content (AvgIpc) is 2.85. The molecule has 1 aromatic rings. The predicted octanol–water partition coefficient (Wildman–Crippen LogP) is 0.181. The minimum absolute atomic E-state index is 0.0488. The van der Waals surface area contributed by atoms with E-state index in [1.54, 1.807) is 0 Å². The Morgan fingerprint density at radius 1 is 1.50 bits per heavy atom. The number of nitrogen functional groups attached to an aromatic ring is 1. The van der Waals surface area contributed by atoms with Crippen LogP contribution in [0, 0.1) is 0 Å². The second kappa shape index (κ2) is 5.39. The molecule has 1 aliphatic heterocycles. The molecule has 6 nitrogen and oxygen atoms in total. The number of rotatable bonds is 4. The molecule has 0 spiro atoms. The summed E-state index contributed by atoms with van der Waals surface area (Å²) in [6.45, 7) is 3.53. The number of nitrogens with zero attached hydrogens (tertiary/aromatic N) is 2. The Hall–Kier alpha value is -1.56. The molecule has 0 saturated carbocycles. The maximum Gasteiger partial charge on any atom is 0.331 e. The number of aryl methyl sites for hydroxylation is 1. The Balaban J connectivity index is 2.37. The molecule has 0 radical (unpaired) electrons. The Bertz CT molecular complexity index is 526. The van der Waals surface area contributed by atoms with Crippen molar-refractivity contribution in [2.24, 2.45) is 0 Å². The third-order valence-electron chi connectivity index (χ3n) is 3.14. The van der Waals surface area contributed by atoms with E-state index in [9.17, 15) is 9.59 Å². The van der Waals surface area contributed by atoms with Gasteiger partial charge in [-0.3, -0.25) is 13.9 Å². The maximum atomic E-state index is 12.1. The molecule has 1 saturated heterocycles. The molecule has 0 aromatic carbocycles. The predicted molar refractivity (Wildman–Crippen MR) is 68.6 cm³/mol. The first-order valence-electron chi connectivity index (χ1n) is 6.35. The molecular formula is C12H19N3O3. The highest BCUT2D eigenvalue weighted by Gasteiger charge is 2.19. The van der Waals surface area contributed by atoms with Crippen molar-refractivity contribution in [1.82, 2.24) is 9.13 Å². The Labute approximate surface area is 105 Å². The van der Waals surface area contributed by atoms with Crippen LogP contribution < -0.4 is 17.0 Å². The van der Waals surface area contributed by atoms with Gasteiger partial charge in [0, 0.05) is 19.3 Å². The minimum Gasteiger partial charge on any atom is -0.393 e. The first kappa shape index (κ1) is 12.9. The molecule has 1 aromatic heterocycles. The molecular weight excluding hydrogens is 234 g/mol. The van der Waals surface area contributed by atoms with Crippen LogP contribution in [0.15, 0.2) is 15.8 Å². The van der Waals surface area contributed by atoms with Crippen molar-refractivity contribution in [3.8, 4) is 0 Å². The fraction of sp³-hybridized carbons (Fsp3) is 0.667. The van der Waals surface area contributed by atoms with Gasteiger partial charge in [-0.2, -0.15) is 0 Å². The van der Waals surface area contributed by atoms with Crippen molar-refractivity contribution in [1.29, 1.82) is 0 Å². The third kappa shape index (κ3) is 2.48. The molecule has 2 heterocycles. The fourth-order valence-corrected chi connectivity index (χ4v) is 2.23. The lowest BCUT2D eigenvalue weighted by atomic mass is 10.2. The van der Waals surface area contributed by atoms with E-state index < -0.39 is 5.56 Å². The molecule has 100 valence electrons. The summed E-state index contributed by atoms with van der Waals surface area (Å²) in [5.41, 5.74) is 5.06. The number of hydrogen-bond donors (Lipinski definition) is 1. The molecule has 0 amide bonds. The summed E-state index contributed by atoms with van der Waals surface area (Å²) >= 11 is 0. The van der Waals surface area contributed by atoms with Crippen molar-refractivity contribution in [2.45, 2.75) is 45.4 Å². The molecule has 18 heavy (non-hydrogen) atoms. The lowest BCUT2D eigenvalue weighted by Crippen LogP contribution is -2.42. The van der Waals surface area contributed by atoms with Crippen LogP contribution >= 0.6 is 0 Å². The van der Waals surface area contributed by atoms with Gasteiger partial charge in [-0.25, -0.2) is 4.79 Å². The Morgan fingerprint density at radius 3 is 2.89 bits per heavy atom. The van der Waals surface area contributed by atoms with Crippen LogP contribution in [0.3, 0.4) is 0 Å². The normalized spacial score (nSPS) is 19.3. The van der Waals surface area contributed by atoms with Gasteiger partial charge in [0.05, 0.1) is 12.6 Å². The van der Waals surface area contributed by atoms with Crippen LogP contribution in [0.25, 0.3) is 0 Å². The Morgan fingerprint density at radius 2 is 2.28 bits per heavy atom. The first-order chi connectivity index (χ1) is 8.63. The number of nitrogens with two attached hydrogens (primary N) is 1. The van der Waals surface area contributed by atoms with Gasteiger partial charge in [-0.1, -0.05) is 6.92 Å². The topological polar surface area (TPSA) is 79.2 Å². The molecule has 0 bridgehead atoms. The van der Waals surface area contributed by atoms with E-state index in [2.05, 4.69) is 0 Å². The summed E-state index contributed by atoms with van der Waals surface area (Å²) in [4.78, 5) is 24.0. The molecule has 1 fully saturated rings. The Kier molecular flexibility index (Phi) is 3.86. The van der Waals surface area contributed by atoms with Crippen LogP contribution in [0.5, 0.6) is 0 Å². The van der Waals surface area contributed by atoms with Crippen molar-refractivity contribution in [3.05, 3.63) is 27.0 Å². The zero-order chi connectivity index (χ0) is 13.1. The van der Waals surface area contributed by atoms with Gasteiger partial charge in [-0.15, -0.1) is 0 Å². The molecule has 2 N–H and O–H groups in total. The van der Waals surface area contributed by atoms with E-state index >= 15 is 0 Å². The van der Waals surface area contributed by atoms with E-state index in [-0.39, 0.29) is 17.5 Å². The quantitative estimate of drug-likeness (QED) is 0.830. The van der Waals surface area contributed by atoms with Gasteiger partial charge in [0.1, 0.15) is 5.69 Å². The van der Waals surface area contributed by atoms with Gasteiger partial charge in [0.15, 0.2) is 0 Å². The number of hydrogen-bond acceptors (Lipinski definition) is 4. The highest BCUT2D eigenvalue weighted by molar-refractivity contribution is 5.31. The van der Waals surface area contributed by atoms with Gasteiger partial charge in [-0.05, 0) is 19.3 Å². The monoisotopic (exact) mass is 253 g/mol. The van der Waals surface area contributed by atoms with Crippen molar-refractivity contribution in [3.63, 3.8) is 0 Å². The number of ether oxygens (including phenoxy) is 1. The summed E-state index contributed by atoms with van der Waals surface area (Å²) in [6.07, 6.45) is 4.06. The lowest BCUT2D eigenvalue weighted by Gasteiger charge is -2.14. The highest BCUT2D eigenvalue weighted by Crippen LogP contribution is 2.12. The smallest absolute Gasteiger partial charge is 0.331 e. The molecule has 0 aliphatic carbocycles. The van der Waals surface area contributed by atoms with Gasteiger partial charge in [0.2, 0.25) is 0 Å². The summed E-state index contributed by atoms with van der Waals surface area (Å²) in [6, 6.07) is 0. The molecule has 6 heteroatoms. The van der Waals surface area contributed by atoms with E-state index in [4.69, 9.17) is 10.5 Å². The van der Waals surface area contributed by atoms with Gasteiger partial charge in [0.25, 0.3) is 5.56 Å². The van der Waals surface area contributed by atoms with Crippen molar-refractivity contribution in [2.75, 3.05) is 12.3 Å². The van der Waals surface area contributed by atoms with Crippen molar-refractivity contribution >= 4 is 5.69 Å². The van der Waals surface area contributed by atoms with Gasteiger partial charge < -0.3 is 10.5 Å². The van der Waals surface area contributed by atoms with E-state index in [1.165, 1.54) is 15.3 Å². The second-order valence-corrected chi connectivity index (χ2v) is 4.61. The van der Waals surface area contributed by atoms with Crippen molar-refractivity contribution < 1.29 is 4.74 Å². The third-order valence-corrected chi connectivity index (χ3v) is 3.14. The molecule has 1 unspecified atom stereocenters. The van der Waals surface area contributed by atoms with Crippen LogP contribution in [0.4, 0.5) is 5.69 Å². The fourth-order valence-electron chi connectivity index (χ4n) is 2.23. The molecule has 1 aliphatic rings. The van der Waals surface area contributed by atoms with E-state index in [1.807, 2.05) is 6.92 Å². The number of aromatic nitrogens is 2. The summed E-state index contributed by atoms with van der Waals surface area (Å²) in [5, 5.41) is 0. The largest absolute Gasteiger partial charge is 0.393 e. The lowest BCUT2D eigenvalue weighted by molar-refractivity contribution is 0.0946. The summed E-state index contributed by atoms with van der Waals surface area (Å²) in [7, 11) is 0. The molecule has 2 rings (SSSR count). The second-order valence-electron chi connectivity index (χ2n) is 4.61. The SMILES string of the molecule is CCCn1cc(N)c(=O)n(CC2CCCO2)c1=O. The van der Waals surface area contributed by atoms with E-state index in [0.29, 0.717) is 19.7 Å². The van der Waals surface area contributed by atoms with Crippen LogP contribution in [0.2, 0.25) is 0 Å². The standard InChI is InChI=1S/C12H19N3O3/c1-2-5-14-8-10(13)11(16)15(12(14)17)7-9-4-3-6-18-9/h8-9H,2-7,13H2,1H3. The zero-order valence-electron chi connectivity index (χ0n) is 10.6. The van der Waals surface area contributed by atoms with Crippen LogP contribution in [-0.2, 0) is 17.8 Å². The molecule has 1 atom stereocenters. The van der Waals surface area contributed by atoms with Gasteiger partial charge >= 0.3 is 5.69 Å². The van der Waals surface area contributed by atoms with Crippen LogP contribution in [0.1, 0.15) is 26.2 Å². The van der Waals surface area contributed by atoms with E-state index in [0.717, 1.165) is 19.3 Å². The first-order valence-corrected chi connectivity index (χ1v) is 6.35. The zero-order valence-corrected chi connectivity index (χ0v) is 10.6. The summed E-state index contributed by atoms with van der Waals surface area (Å²) < 4.78 is 8.15. The average molecular weight is 253 g/mol.